The van der Waals surface area contributed by atoms with E-state index >= 15 is 0 Å². The minimum absolute atomic E-state index is 0.130. The summed E-state index contributed by atoms with van der Waals surface area (Å²) in [6.45, 7) is 9.95. The highest BCUT2D eigenvalue weighted by atomic mass is 16.1. The number of carbonyl (C=O) groups excluding carboxylic acids is 1. The summed E-state index contributed by atoms with van der Waals surface area (Å²) in [6.07, 6.45) is 1.08. The Balaban J connectivity index is 4.23. The van der Waals surface area contributed by atoms with Gasteiger partial charge in [-0.3, -0.25) is 4.79 Å². The van der Waals surface area contributed by atoms with Crippen molar-refractivity contribution in [2.75, 3.05) is 0 Å². The number of Topliss-reactive ketones (excluding diaryl/α,β-unsaturated/α-hetero) is 1. The molecule has 0 aromatic carbocycles. The van der Waals surface area contributed by atoms with Crippen molar-refractivity contribution >= 4 is 5.78 Å². The van der Waals surface area contributed by atoms with E-state index in [1.807, 2.05) is 13.8 Å². The first-order chi connectivity index (χ1) is 4.42. The number of ketones is 1. The SMILES string of the molecule is CCC(C)C(C)(C)C(C)=O. The highest BCUT2D eigenvalue weighted by Crippen LogP contribution is 2.29. The molecule has 1 nitrogen and oxygen atoms in total. The lowest BCUT2D eigenvalue weighted by Crippen LogP contribution is -2.28. The Bertz CT molecular complexity index is 125. The molecule has 0 N–H and O–H groups in total. The minimum atomic E-state index is -0.130. The third kappa shape index (κ3) is 1.83. The van der Waals surface area contributed by atoms with Crippen molar-refractivity contribution in [1.82, 2.24) is 0 Å². The van der Waals surface area contributed by atoms with E-state index in [0.717, 1.165) is 6.42 Å². The summed E-state index contributed by atoms with van der Waals surface area (Å²) >= 11 is 0. The zero-order chi connectivity index (χ0) is 8.36. The molecule has 0 radical (unpaired) electrons. The van der Waals surface area contributed by atoms with E-state index in [2.05, 4.69) is 13.8 Å². The third-order valence-corrected chi connectivity index (χ3v) is 2.75. The first kappa shape index (κ1) is 9.67. The molecule has 0 bridgehead atoms. The zero-order valence-electron chi connectivity index (χ0n) is 7.69. The van der Waals surface area contributed by atoms with Crippen LogP contribution in [0.15, 0.2) is 0 Å². The van der Waals surface area contributed by atoms with Gasteiger partial charge in [-0.25, -0.2) is 0 Å². The summed E-state index contributed by atoms with van der Waals surface area (Å²) in [7, 11) is 0. The summed E-state index contributed by atoms with van der Waals surface area (Å²) in [4.78, 5) is 11.1. The van der Waals surface area contributed by atoms with Gasteiger partial charge >= 0.3 is 0 Å². The fourth-order valence-corrected chi connectivity index (χ4v) is 0.857. The smallest absolute Gasteiger partial charge is 0.135 e. The van der Waals surface area contributed by atoms with Crippen LogP contribution in [0.4, 0.5) is 0 Å². The van der Waals surface area contributed by atoms with E-state index in [4.69, 9.17) is 0 Å². The lowest BCUT2D eigenvalue weighted by Gasteiger charge is -2.27. The maximum Gasteiger partial charge on any atom is 0.135 e. The van der Waals surface area contributed by atoms with E-state index in [9.17, 15) is 4.79 Å². The predicted octanol–water partition coefficient (Wildman–Crippen LogP) is 2.65. The maximum atomic E-state index is 11.1. The van der Waals surface area contributed by atoms with Gasteiger partial charge in [0.15, 0.2) is 0 Å². The Hall–Kier alpha value is -0.330. The average Bonchev–Trinajstić information content (AvgIpc) is 1.86. The van der Waals surface area contributed by atoms with Gasteiger partial charge in [-0.05, 0) is 12.8 Å². The van der Waals surface area contributed by atoms with Crippen LogP contribution in [0.2, 0.25) is 0 Å². The average molecular weight is 142 g/mol. The Morgan fingerprint density at radius 2 is 1.90 bits per heavy atom. The molecule has 0 aliphatic carbocycles. The number of carbonyl (C=O) groups is 1. The number of rotatable bonds is 3. The number of hydrogen-bond donors (Lipinski definition) is 0. The van der Waals surface area contributed by atoms with Gasteiger partial charge in [-0.1, -0.05) is 34.1 Å². The van der Waals surface area contributed by atoms with Gasteiger partial charge < -0.3 is 0 Å². The zero-order valence-corrected chi connectivity index (χ0v) is 7.69. The summed E-state index contributed by atoms with van der Waals surface area (Å²) in [5.41, 5.74) is -0.130. The van der Waals surface area contributed by atoms with Crippen molar-refractivity contribution in [1.29, 1.82) is 0 Å². The Labute approximate surface area is 63.8 Å². The Morgan fingerprint density at radius 3 is 2.00 bits per heavy atom. The molecule has 0 fully saturated rings. The molecular weight excluding hydrogens is 124 g/mol. The van der Waals surface area contributed by atoms with E-state index in [-0.39, 0.29) is 5.41 Å². The van der Waals surface area contributed by atoms with Gasteiger partial charge in [0.25, 0.3) is 0 Å². The molecular formula is C9H18O. The largest absolute Gasteiger partial charge is 0.299 e. The molecule has 1 unspecified atom stereocenters. The van der Waals surface area contributed by atoms with Gasteiger partial charge in [0.2, 0.25) is 0 Å². The van der Waals surface area contributed by atoms with Crippen molar-refractivity contribution in [3.8, 4) is 0 Å². The van der Waals surface area contributed by atoms with Gasteiger partial charge in [-0.15, -0.1) is 0 Å². The highest BCUT2D eigenvalue weighted by molar-refractivity contribution is 5.81. The van der Waals surface area contributed by atoms with Gasteiger partial charge in [0.1, 0.15) is 5.78 Å². The summed E-state index contributed by atoms with van der Waals surface area (Å²) in [5, 5.41) is 0. The van der Waals surface area contributed by atoms with Crippen molar-refractivity contribution in [3.05, 3.63) is 0 Å². The molecule has 0 amide bonds. The molecule has 0 aromatic heterocycles. The lowest BCUT2D eigenvalue weighted by molar-refractivity contribution is -0.127. The summed E-state index contributed by atoms with van der Waals surface area (Å²) in [5.74, 6) is 0.784. The van der Waals surface area contributed by atoms with Gasteiger partial charge in [-0.2, -0.15) is 0 Å². The van der Waals surface area contributed by atoms with Crippen LogP contribution in [-0.4, -0.2) is 5.78 Å². The Morgan fingerprint density at radius 1 is 1.50 bits per heavy atom. The van der Waals surface area contributed by atoms with Crippen molar-refractivity contribution in [3.63, 3.8) is 0 Å². The molecule has 60 valence electrons. The van der Waals surface area contributed by atoms with E-state index in [0.29, 0.717) is 11.7 Å². The summed E-state index contributed by atoms with van der Waals surface area (Å²) in [6, 6.07) is 0. The second-order valence-corrected chi connectivity index (χ2v) is 3.59. The molecule has 10 heavy (non-hydrogen) atoms. The molecule has 0 spiro atoms. The Kier molecular flexibility index (Phi) is 3.07. The normalized spacial score (nSPS) is 14.9. The topological polar surface area (TPSA) is 17.1 Å². The monoisotopic (exact) mass is 142 g/mol. The third-order valence-electron chi connectivity index (χ3n) is 2.75. The van der Waals surface area contributed by atoms with Crippen LogP contribution in [-0.2, 0) is 4.79 Å². The standard InChI is InChI=1S/C9H18O/c1-6-7(2)9(4,5)8(3)10/h7H,6H2,1-5H3. The first-order valence-corrected chi connectivity index (χ1v) is 3.94. The maximum absolute atomic E-state index is 11.1. The van der Waals surface area contributed by atoms with Gasteiger partial charge in [0, 0.05) is 5.41 Å². The molecule has 0 rings (SSSR count). The molecule has 0 aliphatic heterocycles. The van der Waals surface area contributed by atoms with Crippen LogP contribution in [0.1, 0.15) is 41.0 Å². The van der Waals surface area contributed by atoms with Crippen LogP contribution in [0.25, 0.3) is 0 Å². The minimum Gasteiger partial charge on any atom is -0.299 e. The van der Waals surface area contributed by atoms with Crippen LogP contribution in [0, 0.1) is 11.3 Å². The highest BCUT2D eigenvalue weighted by Gasteiger charge is 2.28. The van der Waals surface area contributed by atoms with Crippen molar-refractivity contribution in [2.24, 2.45) is 11.3 Å². The van der Waals surface area contributed by atoms with E-state index < -0.39 is 0 Å². The van der Waals surface area contributed by atoms with Crippen LogP contribution >= 0.6 is 0 Å². The van der Waals surface area contributed by atoms with Gasteiger partial charge in [0.05, 0.1) is 0 Å². The van der Waals surface area contributed by atoms with Crippen LogP contribution < -0.4 is 0 Å². The van der Waals surface area contributed by atoms with E-state index in [1.165, 1.54) is 0 Å². The second kappa shape index (κ2) is 3.18. The fourth-order valence-electron chi connectivity index (χ4n) is 0.857. The van der Waals surface area contributed by atoms with E-state index in [1.54, 1.807) is 6.92 Å². The molecule has 0 heterocycles. The summed E-state index contributed by atoms with van der Waals surface area (Å²) < 4.78 is 0. The molecule has 0 aliphatic rings. The lowest BCUT2D eigenvalue weighted by atomic mass is 9.76. The molecule has 1 atom stereocenters. The van der Waals surface area contributed by atoms with Crippen LogP contribution in [0.5, 0.6) is 0 Å². The first-order valence-electron chi connectivity index (χ1n) is 3.94. The van der Waals surface area contributed by atoms with Crippen molar-refractivity contribution in [2.45, 2.75) is 41.0 Å². The second-order valence-electron chi connectivity index (χ2n) is 3.59. The fraction of sp³-hybridized carbons (Fsp3) is 0.889. The molecule has 0 saturated heterocycles. The number of hydrogen-bond acceptors (Lipinski definition) is 1. The van der Waals surface area contributed by atoms with Crippen molar-refractivity contribution < 1.29 is 4.79 Å². The predicted molar refractivity (Wildman–Crippen MR) is 43.9 cm³/mol. The van der Waals surface area contributed by atoms with Crippen LogP contribution in [0.3, 0.4) is 0 Å². The molecule has 1 heteroatoms. The molecule has 0 aromatic rings. The molecule has 0 saturated carbocycles. The quantitative estimate of drug-likeness (QED) is 0.592.